The lowest BCUT2D eigenvalue weighted by atomic mass is 9.96. The van der Waals surface area contributed by atoms with Gasteiger partial charge in [0.2, 0.25) is 6.79 Å². The quantitative estimate of drug-likeness (QED) is 0.636. The lowest BCUT2D eigenvalue weighted by Crippen LogP contribution is -2.33. The topological polar surface area (TPSA) is 106 Å². The van der Waals surface area contributed by atoms with Crippen molar-refractivity contribution in [3.63, 3.8) is 0 Å². The summed E-state index contributed by atoms with van der Waals surface area (Å²) in [5.74, 6) is 1.19. The molecule has 1 N–H and O–H groups in total. The summed E-state index contributed by atoms with van der Waals surface area (Å²) in [6.07, 6.45) is 1.83. The van der Waals surface area contributed by atoms with Crippen LogP contribution < -0.4 is 14.8 Å². The van der Waals surface area contributed by atoms with Gasteiger partial charge < -0.3 is 14.8 Å². The van der Waals surface area contributed by atoms with E-state index in [1.165, 1.54) is 24.2 Å². The largest absolute Gasteiger partial charge is 0.454 e. The van der Waals surface area contributed by atoms with Crippen LogP contribution in [0.25, 0.3) is 6.08 Å². The minimum Gasteiger partial charge on any atom is -0.454 e. The van der Waals surface area contributed by atoms with Crippen LogP contribution >= 0.6 is 0 Å². The highest BCUT2D eigenvalue weighted by molar-refractivity contribution is 6.16. The average Bonchev–Trinajstić information content (AvgIpc) is 3.09. The first-order valence-corrected chi connectivity index (χ1v) is 8.45. The second-order valence-electron chi connectivity index (χ2n) is 6.20. The summed E-state index contributed by atoms with van der Waals surface area (Å²) in [6, 6.07) is 9.24. The highest BCUT2D eigenvalue weighted by Crippen LogP contribution is 2.38. The molecule has 0 fully saturated rings. The van der Waals surface area contributed by atoms with Crippen molar-refractivity contribution in [2.75, 3.05) is 13.8 Å². The minimum atomic E-state index is -0.465. The van der Waals surface area contributed by atoms with Crippen molar-refractivity contribution < 1.29 is 19.2 Å². The van der Waals surface area contributed by atoms with Crippen LogP contribution in [0.15, 0.2) is 47.2 Å². The molecule has 0 unspecified atom stereocenters. The zero-order valence-electron chi connectivity index (χ0n) is 15.1. The van der Waals surface area contributed by atoms with Gasteiger partial charge in [-0.2, -0.15) is 10.1 Å². The maximum absolute atomic E-state index is 12.3. The molecular weight excluding hydrogens is 364 g/mol. The van der Waals surface area contributed by atoms with Gasteiger partial charge in [-0.25, -0.2) is 4.79 Å². The van der Waals surface area contributed by atoms with Gasteiger partial charge in [0, 0.05) is 36.0 Å². The molecule has 0 aromatic heterocycles. The van der Waals surface area contributed by atoms with Gasteiger partial charge in [0.15, 0.2) is 11.5 Å². The third-order valence-electron chi connectivity index (χ3n) is 4.46. The van der Waals surface area contributed by atoms with Crippen molar-refractivity contribution in [1.82, 2.24) is 10.3 Å². The molecule has 4 rings (SSSR count). The van der Waals surface area contributed by atoms with Crippen LogP contribution in [-0.4, -0.2) is 35.5 Å². The molecule has 9 nitrogen and oxygen atoms in total. The highest BCUT2D eigenvalue weighted by Gasteiger charge is 2.25. The van der Waals surface area contributed by atoms with Crippen molar-refractivity contribution in [2.24, 2.45) is 5.10 Å². The first kappa shape index (κ1) is 17.5. The molecule has 142 valence electrons. The fraction of sp³-hybridized carbons (Fsp3) is 0.158. The Bertz CT molecular complexity index is 1040. The number of hydrazone groups is 1. The normalized spacial score (nSPS) is 14.6. The van der Waals surface area contributed by atoms with E-state index in [9.17, 15) is 14.9 Å². The number of ether oxygens (including phenoxy) is 2. The van der Waals surface area contributed by atoms with E-state index in [0.29, 0.717) is 28.5 Å². The van der Waals surface area contributed by atoms with Crippen molar-refractivity contribution in [3.8, 4) is 11.5 Å². The van der Waals surface area contributed by atoms with E-state index in [-0.39, 0.29) is 12.5 Å². The van der Waals surface area contributed by atoms with Crippen LogP contribution in [-0.2, 0) is 0 Å². The number of non-ortho nitro benzene ring substituents is 1. The summed E-state index contributed by atoms with van der Waals surface area (Å²) in [5, 5.41) is 19.3. The number of urea groups is 1. The van der Waals surface area contributed by atoms with E-state index >= 15 is 0 Å². The molecule has 0 aliphatic carbocycles. The van der Waals surface area contributed by atoms with E-state index in [0.717, 1.165) is 11.1 Å². The molecule has 0 atom stereocenters. The van der Waals surface area contributed by atoms with Gasteiger partial charge in [0.25, 0.3) is 5.69 Å². The SMILES string of the molecule is CNC(=O)N1N=C(c2ccc([N+](=O)[O-])cc2)c2cc3c(cc2C=C1C)OCO3. The molecule has 2 amide bonds. The molecular formula is C19H16N4O5. The van der Waals surface area contributed by atoms with Crippen LogP contribution in [0.3, 0.4) is 0 Å². The second kappa shape index (κ2) is 6.69. The average molecular weight is 380 g/mol. The van der Waals surface area contributed by atoms with Gasteiger partial charge in [-0.1, -0.05) is 0 Å². The first-order chi connectivity index (χ1) is 13.5. The van der Waals surface area contributed by atoms with E-state index in [4.69, 9.17) is 9.47 Å². The number of carbonyl (C=O) groups excluding carboxylic acids is 1. The molecule has 0 bridgehead atoms. The number of nitro groups is 1. The van der Waals surface area contributed by atoms with E-state index in [1.807, 2.05) is 12.1 Å². The van der Waals surface area contributed by atoms with Gasteiger partial charge >= 0.3 is 6.03 Å². The van der Waals surface area contributed by atoms with Crippen LogP contribution in [0.2, 0.25) is 0 Å². The Labute approximate surface area is 160 Å². The van der Waals surface area contributed by atoms with Crippen molar-refractivity contribution >= 4 is 23.5 Å². The Morgan fingerprint density at radius 2 is 1.89 bits per heavy atom. The molecule has 0 spiro atoms. The molecule has 9 heteroatoms. The molecule has 2 aliphatic rings. The predicted molar refractivity (Wildman–Crippen MR) is 101 cm³/mol. The number of nitrogens with zero attached hydrogens (tertiary/aromatic N) is 3. The zero-order chi connectivity index (χ0) is 19.8. The summed E-state index contributed by atoms with van der Waals surface area (Å²) in [7, 11) is 1.52. The second-order valence-corrected chi connectivity index (χ2v) is 6.20. The Kier molecular flexibility index (Phi) is 4.19. The molecule has 0 radical (unpaired) electrons. The maximum atomic E-state index is 12.3. The summed E-state index contributed by atoms with van der Waals surface area (Å²) in [6.45, 7) is 1.90. The molecule has 28 heavy (non-hydrogen) atoms. The van der Waals surface area contributed by atoms with Crippen LogP contribution in [0.4, 0.5) is 10.5 Å². The number of hydrogen-bond acceptors (Lipinski definition) is 6. The Morgan fingerprint density at radius 1 is 1.21 bits per heavy atom. The summed E-state index contributed by atoms with van der Waals surface area (Å²) < 4.78 is 10.9. The van der Waals surface area contributed by atoms with Crippen LogP contribution in [0.5, 0.6) is 11.5 Å². The Morgan fingerprint density at radius 3 is 2.54 bits per heavy atom. The number of nitro benzene ring substituents is 1. The standard InChI is InChI=1S/C19H16N4O5/c1-11-7-13-8-16-17(28-10-27-16)9-15(13)18(21-22(11)19(24)20-2)12-3-5-14(6-4-12)23(25)26/h3-9H,10H2,1-2H3,(H,20,24). The number of rotatable bonds is 2. The number of amides is 2. The smallest absolute Gasteiger partial charge is 0.342 e. The highest BCUT2D eigenvalue weighted by atomic mass is 16.7. The van der Waals surface area contributed by atoms with Gasteiger partial charge in [-0.05, 0) is 42.8 Å². The third kappa shape index (κ3) is 2.92. The van der Waals surface area contributed by atoms with Crippen LogP contribution in [0, 0.1) is 10.1 Å². The summed E-state index contributed by atoms with van der Waals surface area (Å²) in [4.78, 5) is 22.8. The lowest BCUT2D eigenvalue weighted by Gasteiger charge is -2.17. The predicted octanol–water partition coefficient (Wildman–Crippen LogP) is 3.09. The number of allylic oxidation sites excluding steroid dienone is 1. The van der Waals surface area contributed by atoms with Gasteiger partial charge in [0.05, 0.1) is 10.6 Å². The monoisotopic (exact) mass is 380 g/mol. The molecule has 2 aromatic rings. The van der Waals surface area contributed by atoms with Crippen molar-refractivity contribution in [3.05, 3.63) is 68.9 Å². The maximum Gasteiger partial charge on any atom is 0.342 e. The third-order valence-corrected chi connectivity index (χ3v) is 4.46. The summed E-state index contributed by atoms with van der Waals surface area (Å²) in [5.41, 5.74) is 3.22. The van der Waals surface area contributed by atoms with Crippen molar-refractivity contribution in [1.29, 1.82) is 0 Å². The zero-order valence-corrected chi connectivity index (χ0v) is 15.1. The first-order valence-electron chi connectivity index (χ1n) is 8.45. The summed E-state index contributed by atoms with van der Waals surface area (Å²) >= 11 is 0. The van der Waals surface area contributed by atoms with Gasteiger partial charge in [-0.15, -0.1) is 0 Å². The van der Waals surface area contributed by atoms with E-state index in [2.05, 4.69) is 10.4 Å². The number of benzene rings is 2. The number of hydrogen-bond donors (Lipinski definition) is 1. The number of nitrogens with one attached hydrogen (secondary N) is 1. The molecule has 2 aliphatic heterocycles. The lowest BCUT2D eigenvalue weighted by molar-refractivity contribution is -0.384. The Balaban J connectivity index is 1.91. The fourth-order valence-electron chi connectivity index (χ4n) is 3.07. The number of fused-ring (bicyclic) bond motifs is 2. The Hall–Kier alpha value is -3.88. The molecule has 0 saturated heterocycles. The van der Waals surface area contributed by atoms with Gasteiger partial charge in [-0.3, -0.25) is 10.1 Å². The van der Waals surface area contributed by atoms with Crippen molar-refractivity contribution in [2.45, 2.75) is 6.92 Å². The molecule has 2 aromatic carbocycles. The van der Waals surface area contributed by atoms with E-state index in [1.54, 1.807) is 25.1 Å². The minimum absolute atomic E-state index is 0.0265. The van der Waals surface area contributed by atoms with E-state index < -0.39 is 11.0 Å². The number of carbonyl (C=O) groups is 1. The molecule has 2 heterocycles. The van der Waals surface area contributed by atoms with Gasteiger partial charge in [0.1, 0.15) is 0 Å². The fourth-order valence-corrected chi connectivity index (χ4v) is 3.07. The molecule has 0 saturated carbocycles. The van der Waals surface area contributed by atoms with Crippen LogP contribution in [0.1, 0.15) is 23.6 Å².